The Morgan fingerprint density at radius 2 is 1.85 bits per heavy atom. The number of hydrogen-bond acceptors (Lipinski definition) is 5. The minimum atomic E-state index is -3.65. The number of hydrogen-bond donors (Lipinski definition) is 1. The van der Waals surface area contributed by atoms with Gasteiger partial charge in [0.05, 0.1) is 17.4 Å². The SMILES string of the molecule is CCOC(=O)C1CCCN(C(=O)c2ccc(S(=O)(=O)NC(C)(C)C)cc2)C1. The second-order valence-corrected chi connectivity index (χ2v) is 9.40. The summed E-state index contributed by atoms with van der Waals surface area (Å²) in [5.74, 6) is -0.792. The Kier molecular flexibility index (Phi) is 6.64. The van der Waals surface area contributed by atoms with Crippen LogP contribution in [-0.4, -0.2) is 50.4 Å². The third-order valence-corrected chi connectivity index (χ3v) is 5.95. The Morgan fingerprint density at radius 1 is 1.22 bits per heavy atom. The highest BCUT2D eigenvalue weighted by molar-refractivity contribution is 7.89. The molecular weight excluding hydrogens is 368 g/mol. The van der Waals surface area contributed by atoms with E-state index in [0.717, 1.165) is 6.42 Å². The summed E-state index contributed by atoms with van der Waals surface area (Å²) in [4.78, 5) is 26.4. The van der Waals surface area contributed by atoms with Crippen LogP contribution in [0.25, 0.3) is 0 Å². The molecule has 0 saturated carbocycles. The molecule has 1 unspecified atom stereocenters. The molecule has 1 heterocycles. The Morgan fingerprint density at radius 3 is 2.41 bits per heavy atom. The molecule has 1 atom stereocenters. The van der Waals surface area contributed by atoms with Crippen LogP contribution in [0.2, 0.25) is 0 Å². The van der Waals surface area contributed by atoms with Gasteiger partial charge in [0.25, 0.3) is 5.91 Å². The van der Waals surface area contributed by atoms with Gasteiger partial charge in [-0.3, -0.25) is 9.59 Å². The molecule has 1 aliphatic rings. The average molecular weight is 397 g/mol. The second kappa shape index (κ2) is 8.39. The summed E-state index contributed by atoms with van der Waals surface area (Å²) >= 11 is 0. The van der Waals surface area contributed by atoms with Gasteiger partial charge in [0.2, 0.25) is 10.0 Å². The zero-order valence-electron chi connectivity index (χ0n) is 16.3. The van der Waals surface area contributed by atoms with Crippen molar-refractivity contribution < 1.29 is 22.7 Å². The van der Waals surface area contributed by atoms with Gasteiger partial charge < -0.3 is 9.64 Å². The van der Waals surface area contributed by atoms with Crippen LogP contribution in [0.1, 0.15) is 50.9 Å². The highest BCUT2D eigenvalue weighted by Crippen LogP contribution is 2.21. The van der Waals surface area contributed by atoms with Crippen molar-refractivity contribution in [2.24, 2.45) is 5.92 Å². The Bertz CT molecular complexity index is 781. The smallest absolute Gasteiger partial charge is 0.310 e. The molecular formula is C19H28N2O5S. The number of amides is 1. The molecule has 1 fully saturated rings. The van der Waals surface area contributed by atoms with Crippen molar-refractivity contribution in [3.8, 4) is 0 Å². The topological polar surface area (TPSA) is 92.8 Å². The van der Waals surface area contributed by atoms with Crippen LogP contribution >= 0.6 is 0 Å². The number of likely N-dealkylation sites (tertiary alicyclic amines) is 1. The molecule has 1 aromatic carbocycles. The highest BCUT2D eigenvalue weighted by atomic mass is 32.2. The highest BCUT2D eigenvalue weighted by Gasteiger charge is 2.30. The van der Waals surface area contributed by atoms with E-state index in [0.29, 0.717) is 31.7 Å². The van der Waals surface area contributed by atoms with Crippen molar-refractivity contribution in [1.29, 1.82) is 0 Å². The molecule has 1 aliphatic heterocycles. The largest absolute Gasteiger partial charge is 0.466 e. The van der Waals surface area contributed by atoms with Gasteiger partial charge >= 0.3 is 5.97 Å². The molecule has 8 heteroatoms. The van der Waals surface area contributed by atoms with Gasteiger partial charge in [-0.2, -0.15) is 0 Å². The van der Waals surface area contributed by atoms with Crippen LogP contribution in [0, 0.1) is 5.92 Å². The molecule has 150 valence electrons. The van der Waals surface area contributed by atoms with E-state index in [1.165, 1.54) is 24.3 Å². The first-order valence-corrected chi connectivity index (χ1v) is 10.6. The Labute approximate surface area is 161 Å². The van der Waals surface area contributed by atoms with Gasteiger partial charge in [-0.15, -0.1) is 0 Å². The van der Waals surface area contributed by atoms with Crippen molar-refractivity contribution in [2.45, 2.75) is 51.0 Å². The average Bonchev–Trinajstić information content (AvgIpc) is 2.59. The molecule has 0 radical (unpaired) electrons. The van der Waals surface area contributed by atoms with Crippen LogP contribution in [-0.2, 0) is 19.6 Å². The summed E-state index contributed by atoms with van der Waals surface area (Å²) in [6, 6.07) is 5.86. The molecule has 1 aromatic rings. The number of carbonyl (C=O) groups is 2. The van der Waals surface area contributed by atoms with Gasteiger partial charge in [0.15, 0.2) is 0 Å². The van der Waals surface area contributed by atoms with Crippen LogP contribution in [0.15, 0.2) is 29.2 Å². The third-order valence-electron chi connectivity index (χ3n) is 4.18. The number of ether oxygens (including phenoxy) is 1. The summed E-state index contributed by atoms with van der Waals surface area (Å²) in [6.07, 6.45) is 1.44. The fourth-order valence-corrected chi connectivity index (χ4v) is 4.45. The van der Waals surface area contributed by atoms with E-state index in [-0.39, 0.29) is 22.7 Å². The minimum absolute atomic E-state index is 0.108. The standard InChI is InChI=1S/C19H28N2O5S/c1-5-26-18(23)15-7-6-12-21(13-15)17(22)14-8-10-16(11-9-14)27(24,25)20-19(2,3)4/h8-11,15,20H,5-7,12-13H2,1-4H3. The van der Waals surface area contributed by atoms with Crippen molar-refractivity contribution in [3.63, 3.8) is 0 Å². The lowest BCUT2D eigenvalue weighted by Gasteiger charge is -2.31. The first-order chi connectivity index (χ1) is 12.5. The number of esters is 1. The van der Waals surface area contributed by atoms with E-state index >= 15 is 0 Å². The van der Waals surface area contributed by atoms with E-state index in [2.05, 4.69) is 4.72 Å². The molecule has 7 nitrogen and oxygen atoms in total. The van der Waals surface area contributed by atoms with Gasteiger partial charge in [0, 0.05) is 24.2 Å². The van der Waals surface area contributed by atoms with Crippen LogP contribution in [0.5, 0.6) is 0 Å². The number of rotatable bonds is 5. The zero-order chi connectivity index (χ0) is 20.2. The summed E-state index contributed by atoms with van der Waals surface area (Å²) < 4.78 is 32.3. The molecule has 1 N–H and O–H groups in total. The zero-order valence-corrected chi connectivity index (χ0v) is 17.1. The summed E-state index contributed by atoms with van der Waals surface area (Å²) in [5.41, 5.74) is -0.197. The number of benzene rings is 1. The quantitative estimate of drug-likeness (QED) is 0.770. The van der Waals surface area contributed by atoms with Gasteiger partial charge in [-0.05, 0) is 64.8 Å². The van der Waals surface area contributed by atoms with Crippen LogP contribution < -0.4 is 4.72 Å². The molecule has 0 bridgehead atoms. The molecule has 27 heavy (non-hydrogen) atoms. The number of sulfonamides is 1. The maximum absolute atomic E-state index is 12.7. The number of piperidine rings is 1. The number of nitrogens with zero attached hydrogens (tertiary/aromatic N) is 1. The first kappa shape index (κ1) is 21.4. The predicted molar refractivity (Wildman–Crippen MR) is 102 cm³/mol. The monoisotopic (exact) mass is 396 g/mol. The third kappa shape index (κ3) is 5.77. The fraction of sp³-hybridized carbons (Fsp3) is 0.579. The maximum atomic E-state index is 12.7. The van der Waals surface area contributed by atoms with E-state index in [1.54, 1.807) is 32.6 Å². The van der Waals surface area contributed by atoms with E-state index in [9.17, 15) is 18.0 Å². The van der Waals surface area contributed by atoms with Crippen molar-refractivity contribution >= 4 is 21.9 Å². The lowest BCUT2D eigenvalue weighted by Crippen LogP contribution is -2.43. The van der Waals surface area contributed by atoms with Gasteiger partial charge in [-0.25, -0.2) is 13.1 Å². The minimum Gasteiger partial charge on any atom is -0.466 e. The van der Waals surface area contributed by atoms with E-state index in [1.807, 2.05) is 0 Å². The van der Waals surface area contributed by atoms with Crippen LogP contribution in [0.4, 0.5) is 0 Å². The number of carbonyl (C=O) groups excluding carboxylic acids is 2. The number of nitrogens with one attached hydrogen (secondary N) is 1. The second-order valence-electron chi connectivity index (χ2n) is 7.72. The van der Waals surface area contributed by atoms with E-state index in [4.69, 9.17) is 4.74 Å². The van der Waals surface area contributed by atoms with Crippen molar-refractivity contribution in [1.82, 2.24) is 9.62 Å². The summed E-state index contributed by atoms with van der Waals surface area (Å²) in [6.45, 7) is 8.26. The van der Waals surface area contributed by atoms with Crippen molar-refractivity contribution in [3.05, 3.63) is 29.8 Å². The lowest BCUT2D eigenvalue weighted by molar-refractivity contribution is -0.149. The van der Waals surface area contributed by atoms with Gasteiger partial charge in [-0.1, -0.05) is 0 Å². The lowest BCUT2D eigenvalue weighted by atomic mass is 9.97. The molecule has 1 saturated heterocycles. The molecule has 0 spiro atoms. The molecule has 0 aliphatic carbocycles. The molecule has 2 rings (SSSR count). The molecule has 1 amide bonds. The Balaban J connectivity index is 2.10. The van der Waals surface area contributed by atoms with Gasteiger partial charge in [0.1, 0.15) is 0 Å². The summed E-state index contributed by atoms with van der Waals surface area (Å²) in [5, 5.41) is 0. The van der Waals surface area contributed by atoms with Crippen LogP contribution in [0.3, 0.4) is 0 Å². The first-order valence-electron chi connectivity index (χ1n) is 9.13. The Hall–Kier alpha value is -1.93. The normalized spacial score (nSPS) is 18.2. The maximum Gasteiger partial charge on any atom is 0.310 e. The fourth-order valence-electron chi connectivity index (χ4n) is 3.04. The van der Waals surface area contributed by atoms with Crippen molar-refractivity contribution in [2.75, 3.05) is 19.7 Å². The van der Waals surface area contributed by atoms with E-state index < -0.39 is 15.6 Å². The summed E-state index contributed by atoms with van der Waals surface area (Å²) in [7, 11) is -3.65. The predicted octanol–water partition coefficient (Wildman–Crippen LogP) is 2.18. The molecule has 0 aromatic heterocycles.